The summed E-state index contributed by atoms with van der Waals surface area (Å²) in [6.45, 7) is 2.69. The number of halogens is 2. The van der Waals surface area contributed by atoms with E-state index in [2.05, 4.69) is 10.2 Å². The Hall–Kier alpha value is -0.640. The first-order valence-corrected chi connectivity index (χ1v) is 6.91. The molecule has 1 aromatic carbocycles. The predicted octanol–water partition coefficient (Wildman–Crippen LogP) is 3.05. The molecule has 0 spiro atoms. The summed E-state index contributed by atoms with van der Waals surface area (Å²) < 4.78 is 13.8. The van der Waals surface area contributed by atoms with Crippen molar-refractivity contribution in [2.24, 2.45) is 0 Å². The molecular formula is C14H20ClFN2. The summed E-state index contributed by atoms with van der Waals surface area (Å²) in [7, 11) is 1.97. The van der Waals surface area contributed by atoms with Gasteiger partial charge in [0.1, 0.15) is 5.82 Å². The van der Waals surface area contributed by atoms with E-state index in [9.17, 15) is 4.39 Å². The second-order valence-electron chi connectivity index (χ2n) is 4.91. The van der Waals surface area contributed by atoms with E-state index in [4.69, 9.17) is 11.6 Å². The molecule has 2 nitrogen and oxygen atoms in total. The first-order chi connectivity index (χ1) is 8.70. The zero-order valence-electron chi connectivity index (χ0n) is 10.8. The minimum absolute atomic E-state index is 0.198. The van der Waals surface area contributed by atoms with Gasteiger partial charge in [-0.15, -0.1) is 0 Å². The van der Waals surface area contributed by atoms with Crippen molar-refractivity contribution in [1.82, 2.24) is 10.2 Å². The van der Waals surface area contributed by atoms with Crippen LogP contribution in [0.4, 0.5) is 4.39 Å². The van der Waals surface area contributed by atoms with Crippen LogP contribution in [0.1, 0.15) is 24.8 Å². The standard InChI is InChI=1S/C14H20ClFN2/c1-17-9-13-4-2-3-7-18(13)10-11-5-6-12(15)8-14(11)16/h5-6,8,13,17H,2-4,7,9-10H2,1H3. The number of hydrogen-bond acceptors (Lipinski definition) is 2. The van der Waals surface area contributed by atoms with Crippen molar-refractivity contribution in [1.29, 1.82) is 0 Å². The lowest BCUT2D eigenvalue weighted by Crippen LogP contribution is -2.44. The lowest BCUT2D eigenvalue weighted by molar-refractivity contribution is 0.137. The molecule has 0 saturated carbocycles. The third kappa shape index (κ3) is 3.44. The van der Waals surface area contributed by atoms with Crippen LogP contribution in [0.5, 0.6) is 0 Å². The lowest BCUT2D eigenvalue weighted by atomic mass is 10.0. The highest BCUT2D eigenvalue weighted by Crippen LogP contribution is 2.22. The fourth-order valence-electron chi connectivity index (χ4n) is 2.60. The number of likely N-dealkylation sites (tertiary alicyclic amines) is 1. The molecule has 0 radical (unpaired) electrons. The summed E-state index contributed by atoms with van der Waals surface area (Å²) in [4.78, 5) is 2.37. The Bertz CT molecular complexity index is 395. The fraction of sp³-hybridized carbons (Fsp3) is 0.571. The molecule has 1 aromatic rings. The van der Waals surface area contributed by atoms with E-state index >= 15 is 0 Å². The molecule has 0 aliphatic carbocycles. The van der Waals surface area contributed by atoms with Crippen LogP contribution in [-0.4, -0.2) is 31.1 Å². The highest BCUT2D eigenvalue weighted by atomic mass is 35.5. The average Bonchev–Trinajstić information content (AvgIpc) is 2.35. The van der Waals surface area contributed by atoms with Gasteiger partial charge >= 0.3 is 0 Å². The van der Waals surface area contributed by atoms with Gasteiger partial charge in [-0.3, -0.25) is 4.90 Å². The Labute approximate surface area is 113 Å². The Balaban J connectivity index is 2.06. The molecule has 1 atom stereocenters. The zero-order valence-corrected chi connectivity index (χ0v) is 11.5. The van der Waals surface area contributed by atoms with Crippen LogP contribution in [0.2, 0.25) is 5.02 Å². The molecule has 1 heterocycles. The van der Waals surface area contributed by atoms with E-state index in [1.807, 2.05) is 7.05 Å². The van der Waals surface area contributed by atoms with Crippen LogP contribution in [0, 0.1) is 5.82 Å². The number of rotatable bonds is 4. The molecule has 1 aliphatic heterocycles. The molecule has 1 saturated heterocycles. The van der Waals surface area contributed by atoms with Gasteiger partial charge in [-0.1, -0.05) is 24.1 Å². The van der Waals surface area contributed by atoms with Crippen LogP contribution in [-0.2, 0) is 6.54 Å². The molecule has 18 heavy (non-hydrogen) atoms. The SMILES string of the molecule is CNCC1CCCCN1Cc1ccc(Cl)cc1F. The molecule has 0 aromatic heterocycles. The summed E-state index contributed by atoms with van der Waals surface area (Å²) in [5, 5.41) is 3.68. The Morgan fingerprint density at radius 3 is 3.00 bits per heavy atom. The Morgan fingerprint density at radius 1 is 1.44 bits per heavy atom. The van der Waals surface area contributed by atoms with Gasteiger partial charge in [0.2, 0.25) is 0 Å². The van der Waals surface area contributed by atoms with Gasteiger partial charge in [0.15, 0.2) is 0 Å². The number of benzene rings is 1. The minimum atomic E-state index is -0.198. The van der Waals surface area contributed by atoms with E-state index in [1.54, 1.807) is 12.1 Å². The van der Waals surface area contributed by atoms with Crippen LogP contribution in [0.3, 0.4) is 0 Å². The molecule has 2 rings (SSSR count). The van der Waals surface area contributed by atoms with Gasteiger partial charge in [0, 0.05) is 29.7 Å². The monoisotopic (exact) mass is 270 g/mol. The quantitative estimate of drug-likeness (QED) is 0.905. The van der Waals surface area contributed by atoms with Crippen molar-refractivity contribution in [3.8, 4) is 0 Å². The third-order valence-corrected chi connectivity index (χ3v) is 3.81. The van der Waals surface area contributed by atoms with Gasteiger partial charge in [-0.05, 0) is 38.6 Å². The topological polar surface area (TPSA) is 15.3 Å². The second-order valence-corrected chi connectivity index (χ2v) is 5.35. The summed E-state index contributed by atoms with van der Waals surface area (Å²) >= 11 is 5.77. The average molecular weight is 271 g/mol. The Kier molecular flexibility index (Phi) is 4.98. The maximum Gasteiger partial charge on any atom is 0.129 e. The zero-order chi connectivity index (χ0) is 13.0. The highest BCUT2D eigenvalue weighted by Gasteiger charge is 2.22. The van der Waals surface area contributed by atoms with Crippen LogP contribution < -0.4 is 5.32 Å². The van der Waals surface area contributed by atoms with Crippen LogP contribution in [0.15, 0.2) is 18.2 Å². The summed E-state index contributed by atoms with van der Waals surface area (Å²) in [5.41, 5.74) is 0.738. The third-order valence-electron chi connectivity index (χ3n) is 3.58. The molecule has 0 bridgehead atoms. The molecule has 1 aliphatic rings. The summed E-state index contributed by atoms with van der Waals surface area (Å²) in [6, 6.07) is 5.46. The van der Waals surface area contributed by atoms with Crippen molar-refractivity contribution in [2.45, 2.75) is 31.8 Å². The molecule has 0 amide bonds. The number of piperidine rings is 1. The largest absolute Gasteiger partial charge is 0.318 e. The van der Waals surface area contributed by atoms with Crippen molar-refractivity contribution >= 4 is 11.6 Å². The van der Waals surface area contributed by atoms with Crippen LogP contribution >= 0.6 is 11.6 Å². The van der Waals surface area contributed by atoms with Gasteiger partial charge in [-0.2, -0.15) is 0 Å². The van der Waals surface area contributed by atoms with Gasteiger partial charge in [0.25, 0.3) is 0 Å². The van der Waals surface area contributed by atoms with E-state index < -0.39 is 0 Å². The normalized spacial score (nSPS) is 21.2. The van der Waals surface area contributed by atoms with Gasteiger partial charge in [0.05, 0.1) is 0 Å². The first kappa shape index (κ1) is 13.8. The number of nitrogens with one attached hydrogen (secondary N) is 1. The molecule has 4 heteroatoms. The number of nitrogens with zero attached hydrogens (tertiary/aromatic N) is 1. The minimum Gasteiger partial charge on any atom is -0.318 e. The molecular weight excluding hydrogens is 251 g/mol. The van der Waals surface area contributed by atoms with Crippen molar-refractivity contribution < 1.29 is 4.39 Å². The van der Waals surface area contributed by atoms with Crippen molar-refractivity contribution in [3.63, 3.8) is 0 Å². The maximum atomic E-state index is 13.8. The maximum absolute atomic E-state index is 13.8. The lowest BCUT2D eigenvalue weighted by Gasteiger charge is -2.35. The highest BCUT2D eigenvalue weighted by molar-refractivity contribution is 6.30. The van der Waals surface area contributed by atoms with E-state index in [-0.39, 0.29) is 5.82 Å². The number of hydrogen-bond donors (Lipinski definition) is 1. The molecule has 1 fully saturated rings. The summed E-state index contributed by atoms with van der Waals surface area (Å²) in [6.07, 6.45) is 3.66. The second kappa shape index (κ2) is 6.50. The van der Waals surface area contributed by atoms with Gasteiger partial charge in [-0.25, -0.2) is 4.39 Å². The predicted molar refractivity (Wildman–Crippen MR) is 73.4 cm³/mol. The molecule has 1 N–H and O–H groups in total. The smallest absolute Gasteiger partial charge is 0.129 e. The fourth-order valence-corrected chi connectivity index (χ4v) is 2.76. The first-order valence-electron chi connectivity index (χ1n) is 6.53. The van der Waals surface area contributed by atoms with Crippen molar-refractivity contribution in [3.05, 3.63) is 34.6 Å². The van der Waals surface area contributed by atoms with E-state index in [0.717, 1.165) is 18.7 Å². The molecule has 1 unspecified atom stereocenters. The number of likely N-dealkylation sites (N-methyl/N-ethyl adjacent to an activating group) is 1. The van der Waals surface area contributed by atoms with Crippen molar-refractivity contribution in [2.75, 3.05) is 20.1 Å². The van der Waals surface area contributed by atoms with E-state index in [1.165, 1.54) is 25.3 Å². The van der Waals surface area contributed by atoms with Crippen LogP contribution in [0.25, 0.3) is 0 Å². The van der Waals surface area contributed by atoms with E-state index in [0.29, 0.717) is 17.6 Å². The Morgan fingerprint density at radius 2 is 2.28 bits per heavy atom. The summed E-state index contributed by atoms with van der Waals surface area (Å²) in [5.74, 6) is -0.198. The van der Waals surface area contributed by atoms with Gasteiger partial charge < -0.3 is 5.32 Å². The molecule has 100 valence electrons.